The number of rotatable bonds is 7. The zero-order valence-corrected chi connectivity index (χ0v) is 14.2. The van der Waals surface area contributed by atoms with Crippen LogP contribution in [0.4, 0.5) is 0 Å². The molecule has 0 spiro atoms. The molecular formula is C16H19BrN2O3. The average Bonchev–Trinajstić information content (AvgIpc) is 2.94. The maximum absolute atomic E-state index is 11.8. The van der Waals surface area contributed by atoms with Gasteiger partial charge in [-0.25, -0.2) is 4.98 Å². The van der Waals surface area contributed by atoms with Crippen molar-refractivity contribution in [1.29, 1.82) is 0 Å². The molecule has 1 heterocycles. The Labute approximate surface area is 138 Å². The fraction of sp³-hybridized carbons (Fsp3) is 0.375. The first-order chi connectivity index (χ1) is 10.6. The SMILES string of the molecule is COC[C@@H](C)NC(=O)CCc1ncc(-c2cccc(Br)c2)o1. The van der Waals surface area contributed by atoms with Crippen LogP contribution in [0, 0.1) is 0 Å². The second kappa shape index (κ2) is 8.10. The molecule has 1 atom stereocenters. The molecule has 1 N–H and O–H groups in total. The molecule has 0 bridgehead atoms. The van der Waals surface area contributed by atoms with Crippen LogP contribution in [-0.2, 0) is 16.0 Å². The standard InChI is InChI=1S/C16H19BrN2O3/c1-11(10-21-2)19-15(20)6-7-16-18-9-14(22-16)12-4-3-5-13(17)8-12/h3-5,8-9,11H,6-7,10H2,1-2H3,(H,19,20)/t11-/m1/s1. The molecule has 2 aromatic rings. The summed E-state index contributed by atoms with van der Waals surface area (Å²) >= 11 is 3.43. The van der Waals surface area contributed by atoms with E-state index in [0.29, 0.717) is 31.1 Å². The number of nitrogens with one attached hydrogen (secondary N) is 1. The first kappa shape index (κ1) is 16.7. The summed E-state index contributed by atoms with van der Waals surface area (Å²) < 4.78 is 11.7. The van der Waals surface area contributed by atoms with Crippen LogP contribution < -0.4 is 5.32 Å². The van der Waals surface area contributed by atoms with Gasteiger partial charge in [0.1, 0.15) is 0 Å². The number of hydrogen-bond acceptors (Lipinski definition) is 4. The monoisotopic (exact) mass is 366 g/mol. The Morgan fingerprint density at radius 2 is 2.32 bits per heavy atom. The predicted molar refractivity (Wildman–Crippen MR) is 87.4 cm³/mol. The van der Waals surface area contributed by atoms with Crippen LogP contribution in [0.5, 0.6) is 0 Å². The third-order valence-electron chi connectivity index (χ3n) is 3.05. The molecule has 0 unspecified atom stereocenters. The molecule has 0 saturated heterocycles. The van der Waals surface area contributed by atoms with E-state index in [1.165, 1.54) is 0 Å². The molecular weight excluding hydrogens is 348 g/mol. The highest BCUT2D eigenvalue weighted by Crippen LogP contribution is 2.23. The van der Waals surface area contributed by atoms with Gasteiger partial charge in [0.15, 0.2) is 11.7 Å². The van der Waals surface area contributed by atoms with Crippen LogP contribution in [0.1, 0.15) is 19.2 Å². The van der Waals surface area contributed by atoms with Gasteiger partial charge in [-0.1, -0.05) is 28.1 Å². The van der Waals surface area contributed by atoms with Crippen molar-refractivity contribution in [2.45, 2.75) is 25.8 Å². The van der Waals surface area contributed by atoms with Gasteiger partial charge in [0.05, 0.1) is 12.8 Å². The molecule has 1 aromatic heterocycles. The smallest absolute Gasteiger partial charge is 0.220 e. The number of aromatic nitrogens is 1. The summed E-state index contributed by atoms with van der Waals surface area (Å²) in [4.78, 5) is 16.0. The number of halogens is 1. The average molecular weight is 367 g/mol. The Balaban J connectivity index is 1.88. The lowest BCUT2D eigenvalue weighted by Crippen LogP contribution is -2.35. The summed E-state index contributed by atoms with van der Waals surface area (Å²) in [5, 5.41) is 2.86. The van der Waals surface area contributed by atoms with Gasteiger partial charge in [-0.15, -0.1) is 0 Å². The molecule has 0 aliphatic heterocycles. The predicted octanol–water partition coefficient (Wildman–Crippen LogP) is 3.19. The van der Waals surface area contributed by atoms with Gasteiger partial charge >= 0.3 is 0 Å². The fourth-order valence-electron chi connectivity index (χ4n) is 2.06. The van der Waals surface area contributed by atoms with E-state index in [4.69, 9.17) is 9.15 Å². The van der Waals surface area contributed by atoms with Crippen LogP contribution in [0.2, 0.25) is 0 Å². The minimum Gasteiger partial charge on any atom is -0.441 e. The number of carbonyl (C=O) groups excluding carboxylic acids is 1. The van der Waals surface area contributed by atoms with Crippen LogP contribution in [0.25, 0.3) is 11.3 Å². The molecule has 2 rings (SSSR count). The van der Waals surface area contributed by atoms with Gasteiger partial charge in [0, 0.05) is 36.0 Å². The first-order valence-electron chi connectivity index (χ1n) is 7.07. The van der Waals surface area contributed by atoms with Crippen molar-refractivity contribution in [1.82, 2.24) is 10.3 Å². The summed E-state index contributed by atoms with van der Waals surface area (Å²) in [6, 6.07) is 7.80. The number of aryl methyl sites for hydroxylation is 1. The normalized spacial score (nSPS) is 12.1. The second-order valence-corrected chi connectivity index (χ2v) is 5.97. The zero-order valence-electron chi connectivity index (χ0n) is 12.6. The van der Waals surface area contributed by atoms with Crippen LogP contribution in [0.15, 0.2) is 39.4 Å². The molecule has 5 nitrogen and oxygen atoms in total. The minimum absolute atomic E-state index is 0.000657. The Bertz CT molecular complexity index is 627. The number of amides is 1. The minimum atomic E-state index is -0.0354. The highest BCUT2D eigenvalue weighted by atomic mass is 79.9. The molecule has 0 radical (unpaired) electrons. The zero-order chi connectivity index (χ0) is 15.9. The summed E-state index contributed by atoms with van der Waals surface area (Å²) in [5.41, 5.74) is 0.950. The van der Waals surface area contributed by atoms with Gasteiger partial charge in [-0.3, -0.25) is 4.79 Å². The van der Waals surface area contributed by atoms with Gasteiger partial charge in [0.2, 0.25) is 5.91 Å². The molecule has 0 aliphatic carbocycles. The Morgan fingerprint density at radius 3 is 3.05 bits per heavy atom. The molecule has 0 saturated carbocycles. The van der Waals surface area contributed by atoms with Crippen LogP contribution >= 0.6 is 15.9 Å². The van der Waals surface area contributed by atoms with Gasteiger partial charge in [0.25, 0.3) is 0 Å². The first-order valence-corrected chi connectivity index (χ1v) is 7.86. The number of hydrogen-bond donors (Lipinski definition) is 1. The third kappa shape index (κ3) is 4.96. The molecule has 0 aliphatic rings. The van der Waals surface area contributed by atoms with Crippen molar-refractivity contribution < 1.29 is 13.9 Å². The lowest BCUT2D eigenvalue weighted by molar-refractivity contribution is -0.122. The topological polar surface area (TPSA) is 64.4 Å². The van der Waals surface area contributed by atoms with E-state index in [-0.39, 0.29) is 11.9 Å². The van der Waals surface area contributed by atoms with E-state index in [9.17, 15) is 4.79 Å². The third-order valence-corrected chi connectivity index (χ3v) is 3.55. The number of ether oxygens (including phenoxy) is 1. The molecule has 118 valence electrons. The van der Waals surface area contributed by atoms with E-state index in [2.05, 4.69) is 26.2 Å². The Morgan fingerprint density at radius 1 is 1.50 bits per heavy atom. The van der Waals surface area contributed by atoms with Gasteiger partial charge < -0.3 is 14.5 Å². The molecule has 1 aromatic carbocycles. The van der Waals surface area contributed by atoms with Crippen LogP contribution in [0.3, 0.4) is 0 Å². The highest BCUT2D eigenvalue weighted by molar-refractivity contribution is 9.10. The summed E-state index contributed by atoms with van der Waals surface area (Å²) in [5.74, 6) is 1.22. The molecule has 0 fully saturated rings. The number of benzene rings is 1. The lowest BCUT2D eigenvalue weighted by atomic mass is 10.2. The van der Waals surface area contributed by atoms with E-state index in [0.717, 1.165) is 10.0 Å². The van der Waals surface area contributed by atoms with E-state index < -0.39 is 0 Å². The largest absolute Gasteiger partial charge is 0.441 e. The fourth-order valence-corrected chi connectivity index (χ4v) is 2.46. The Hall–Kier alpha value is -1.66. The van der Waals surface area contributed by atoms with Gasteiger partial charge in [-0.05, 0) is 19.1 Å². The summed E-state index contributed by atoms with van der Waals surface area (Å²) in [7, 11) is 1.61. The molecule has 22 heavy (non-hydrogen) atoms. The maximum Gasteiger partial charge on any atom is 0.220 e. The van der Waals surface area contributed by atoms with Gasteiger partial charge in [-0.2, -0.15) is 0 Å². The van der Waals surface area contributed by atoms with Crippen LogP contribution in [-0.4, -0.2) is 30.6 Å². The maximum atomic E-state index is 11.8. The van der Waals surface area contributed by atoms with E-state index in [1.807, 2.05) is 31.2 Å². The highest BCUT2D eigenvalue weighted by Gasteiger charge is 2.11. The number of oxazole rings is 1. The quantitative estimate of drug-likeness (QED) is 0.817. The van der Waals surface area contributed by atoms with E-state index >= 15 is 0 Å². The number of nitrogens with zero attached hydrogens (tertiary/aromatic N) is 1. The second-order valence-electron chi connectivity index (χ2n) is 5.05. The lowest BCUT2D eigenvalue weighted by Gasteiger charge is -2.11. The number of methoxy groups -OCH3 is 1. The van der Waals surface area contributed by atoms with Crippen molar-refractivity contribution in [2.75, 3.05) is 13.7 Å². The number of carbonyl (C=O) groups is 1. The van der Waals surface area contributed by atoms with Crippen molar-refractivity contribution >= 4 is 21.8 Å². The van der Waals surface area contributed by atoms with Crippen molar-refractivity contribution in [3.63, 3.8) is 0 Å². The van der Waals surface area contributed by atoms with E-state index in [1.54, 1.807) is 13.3 Å². The summed E-state index contributed by atoms with van der Waals surface area (Å²) in [6.45, 7) is 2.40. The summed E-state index contributed by atoms with van der Waals surface area (Å²) in [6.07, 6.45) is 2.49. The van der Waals surface area contributed by atoms with Crippen molar-refractivity contribution in [3.05, 3.63) is 40.8 Å². The molecule has 6 heteroatoms. The van der Waals surface area contributed by atoms with Crippen molar-refractivity contribution in [3.8, 4) is 11.3 Å². The van der Waals surface area contributed by atoms with Crippen molar-refractivity contribution in [2.24, 2.45) is 0 Å². The molecule has 1 amide bonds. The Kier molecular flexibility index (Phi) is 6.15.